The van der Waals surface area contributed by atoms with E-state index in [9.17, 15) is 5.11 Å². The lowest BCUT2D eigenvalue weighted by Crippen LogP contribution is -2.06. The summed E-state index contributed by atoms with van der Waals surface area (Å²) in [5.74, 6) is 0.286. The summed E-state index contributed by atoms with van der Waals surface area (Å²) in [5, 5.41) is 18.9. The summed E-state index contributed by atoms with van der Waals surface area (Å²) in [5.41, 5.74) is 1.52. The van der Waals surface area contributed by atoms with Gasteiger partial charge in [0.15, 0.2) is 0 Å². The van der Waals surface area contributed by atoms with E-state index in [1.807, 2.05) is 6.07 Å². The molecule has 0 saturated heterocycles. The molecule has 0 fully saturated rings. The molecule has 18 heavy (non-hydrogen) atoms. The molecule has 0 aliphatic heterocycles. The summed E-state index contributed by atoms with van der Waals surface area (Å²) in [6.07, 6.45) is 2.06. The topological polar surface area (TPSA) is 79.0 Å². The van der Waals surface area contributed by atoms with Gasteiger partial charge in [-0.3, -0.25) is 4.98 Å². The highest BCUT2D eigenvalue weighted by molar-refractivity contribution is 5.36. The molecular weight excluding hydrogens is 230 g/mol. The van der Waals surface area contributed by atoms with Crippen molar-refractivity contribution in [2.75, 3.05) is 7.11 Å². The second-order valence-electron chi connectivity index (χ2n) is 3.59. The van der Waals surface area contributed by atoms with Gasteiger partial charge in [0.2, 0.25) is 5.88 Å². The highest BCUT2D eigenvalue weighted by Gasteiger charge is 2.17. The van der Waals surface area contributed by atoms with E-state index < -0.39 is 6.10 Å². The molecule has 1 aromatic heterocycles. The third-order valence-corrected chi connectivity index (χ3v) is 2.50. The largest absolute Gasteiger partial charge is 0.480 e. The zero-order valence-corrected chi connectivity index (χ0v) is 9.74. The maximum Gasteiger partial charge on any atom is 0.238 e. The molecule has 0 amide bonds. The first kappa shape index (κ1) is 12.0. The van der Waals surface area contributed by atoms with Gasteiger partial charge in [0.05, 0.1) is 18.7 Å². The molecule has 0 spiro atoms. The van der Waals surface area contributed by atoms with Gasteiger partial charge in [-0.05, 0) is 17.7 Å². The van der Waals surface area contributed by atoms with Crippen LogP contribution in [0.1, 0.15) is 22.9 Å². The molecule has 1 N–H and O–H groups in total. The maximum absolute atomic E-state index is 10.2. The van der Waals surface area contributed by atoms with Gasteiger partial charge in [0.1, 0.15) is 11.8 Å². The van der Waals surface area contributed by atoms with E-state index in [4.69, 9.17) is 10.00 Å². The second-order valence-corrected chi connectivity index (χ2v) is 3.59. The van der Waals surface area contributed by atoms with E-state index in [1.165, 1.54) is 19.5 Å². The lowest BCUT2D eigenvalue weighted by molar-refractivity contribution is 0.207. The molecule has 0 aliphatic rings. The molecule has 5 nitrogen and oxygen atoms in total. The Hall–Kier alpha value is -2.45. The van der Waals surface area contributed by atoms with Crippen molar-refractivity contribution in [2.24, 2.45) is 0 Å². The molecule has 0 aliphatic carbocycles. The Morgan fingerprint density at radius 1 is 1.22 bits per heavy atom. The van der Waals surface area contributed by atoms with Crippen molar-refractivity contribution < 1.29 is 9.84 Å². The maximum atomic E-state index is 10.2. The van der Waals surface area contributed by atoms with Crippen molar-refractivity contribution in [2.45, 2.75) is 6.10 Å². The van der Waals surface area contributed by atoms with Crippen molar-refractivity contribution >= 4 is 0 Å². The number of benzene rings is 1. The molecule has 1 heterocycles. The minimum absolute atomic E-state index is 0.286. The molecule has 2 aromatic rings. The Morgan fingerprint density at radius 3 is 2.50 bits per heavy atom. The normalized spacial score (nSPS) is 11.6. The Morgan fingerprint density at radius 2 is 1.89 bits per heavy atom. The molecule has 1 atom stereocenters. The second kappa shape index (κ2) is 5.25. The van der Waals surface area contributed by atoms with Crippen LogP contribution in [0.25, 0.3) is 0 Å². The van der Waals surface area contributed by atoms with Crippen molar-refractivity contribution in [3.05, 3.63) is 53.5 Å². The van der Waals surface area contributed by atoms with Crippen LogP contribution in [0.4, 0.5) is 0 Å². The smallest absolute Gasteiger partial charge is 0.238 e. The molecule has 1 unspecified atom stereocenters. The Labute approximate surface area is 104 Å². The molecular formula is C13H11N3O2. The predicted octanol–water partition coefficient (Wildman–Crippen LogP) is 1.44. The SMILES string of the molecule is COc1nccnc1C(O)c1ccc(C#N)cc1. The van der Waals surface area contributed by atoms with Crippen LogP contribution in [0.3, 0.4) is 0 Å². The van der Waals surface area contributed by atoms with Crippen LogP contribution in [-0.2, 0) is 0 Å². The molecule has 0 saturated carbocycles. The van der Waals surface area contributed by atoms with Gasteiger partial charge in [-0.15, -0.1) is 0 Å². The average Bonchev–Trinajstić information content (AvgIpc) is 2.46. The minimum atomic E-state index is -0.929. The number of nitrogens with zero attached hydrogens (tertiary/aromatic N) is 3. The number of rotatable bonds is 3. The lowest BCUT2D eigenvalue weighted by Gasteiger charge is -2.12. The molecule has 5 heteroatoms. The van der Waals surface area contributed by atoms with E-state index in [0.717, 1.165) is 0 Å². The highest BCUT2D eigenvalue weighted by Crippen LogP contribution is 2.25. The summed E-state index contributed by atoms with van der Waals surface area (Å²) in [4.78, 5) is 8.05. The van der Waals surface area contributed by atoms with Crippen LogP contribution >= 0.6 is 0 Å². The van der Waals surface area contributed by atoms with Gasteiger partial charge in [-0.2, -0.15) is 5.26 Å². The van der Waals surface area contributed by atoms with Crippen LogP contribution in [0.2, 0.25) is 0 Å². The van der Waals surface area contributed by atoms with Gasteiger partial charge in [-0.1, -0.05) is 12.1 Å². The highest BCUT2D eigenvalue weighted by atomic mass is 16.5. The third kappa shape index (κ3) is 2.29. The van der Waals surface area contributed by atoms with Crippen LogP contribution < -0.4 is 4.74 Å². The number of hydrogen-bond acceptors (Lipinski definition) is 5. The summed E-state index contributed by atoms with van der Waals surface area (Å²) in [7, 11) is 1.47. The standard InChI is InChI=1S/C13H11N3O2/c1-18-13-11(15-6-7-16-13)12(17)10-4-2-9(8-14)3-5-10/h2-7,12,17H,1H3. The fourth-order valence-corrected chi connectivity index (χ4v) is 1.58. The van der Waals surface area contributed by atoms with E-state index in [2.05, 4.69) is 9.97 Å². The molecule has 0 radical (unpaired) electrons. The minimum Gasteiger partial charge on any atom is -0.480 e. The fourth-order valence-electron chi connectivity index (χ4n) is 1.58. The Kier molecular flexibility index (Phi) is 3.51. The van der Waals surface area contributed by atoms with Crippen molar-refractivity contribution in [1.29, 1.82) is 5.26 Å². The Bertz CT molecular complexity index is 576. The number of methoxy groups -OCH3 is 1. The summed E-state index contributed by atoms with van der Waals surface area (Å²) in [6.45, 7) is 0. The van der Waals surface area contributed by atoms with E-state index in [1.54, 1.807) is 24.3 Å². The summed E-state index contributed by atoms with van der Waals surface area (Å²) >= 11 is 0. The quantitative estimate of drug-likeness (QED) is 0.879. The van der Waals surface area contributed by atoms with Crippen LogP contribution in [-0.4, -0.2) is 22.2 Å². The summed E-state index contributed by atoms with van der Waals surface area (Å²) in [6, 6.07) is 8.66. The number of hydrogen-bond donors (Lipinski definition) is 1. The zero-order valence-electron chi connectivity index (χ0n) is 9.74. The van der Waals surface area contributed by atoms with Gasteiger partial charge in [-0.25, -0.2) is 4.98 Å². The monoisotopic (exact) mass is 241 g/mol. The van der Waals surface area contributed by atoms with E-state index in [-0.39, 0.29) is 5.88 Å². The Balaban J connectivity index is 2.35. The van der Waals surface area contributed by atoms with Gasteiger partial charge in [0, 0.05) is 12.4 Å². The van der Waals surface area contributed by atoms with Crippen LogP contribution in [0.15, 0.2) is 36.7 Å². The lowest BCUT2D eigenvalue weighted by atomic mass is 10.0. The van der Waals surface area contributed by atoms with Crippen molar-refractivity contribution in [3.63, 3.8) is 0 Å². The average molecular weight is 241 g/mol. The van der Waals surface area contributed by atoms with E-state index in [0.29, 0.717) is 16.8 Å². The molecule has 1 aromatic carbocycles. The zero-order chi connectivity index (χ0) is 13.0. The van der Waals surface area contributed by atoms with Gasteiger partial charge in [0.25, 0.3) is 0 Å². The number of aliphatic hydroxyl groups excluding tert-OH is 1. The number of ether oxygens (including phenoxy) is 1. The summed E-state index contributed by atoms with van der Waals surface area (Å²) < 4.78 is 5.05. The first-order valence-electron chi connectivity index (χ1n) is 5.29. The van der Waals surface area contributed by atoms with Crippen molar-refractivity contribution in [1.82, 2.24) is 9.97 Å². The number of aliphatic hydroxyl groups is 1. The third-order valence-electron chi connectivity index (χ3n) is 2.50. The predicted molar refractivity (Wildman–Crippen MR) is 63.8 cm³/mol. The first-order valence-corrected chi connectivity index (χ1v) is 5.29. The van der Waals surface area contributed by atoms with Crippen molar-refractivity contribution in [3.8, 4) is 11.9 Å². The van der Waals surface area contributed by atoms with Gasteiger partial charge < -0.3 is 9.84 Å². The van der Waals surface area contributed by atoms with Gasteiger partial charge >= 0.3 is 0 Å². The first-order chi connectivity index (χ1) is 8.76. The molecule has 90 valence electrons. The van der Waals surface area contributed by atoms with Crippen LogP contribution in [0, 0.1) is 11.3 Å². The molecule has 0 bridgehead atoms. The van der Waals surface area contributed by atoms with E-state index >= 15 is 0 Å². The number of nitriles is 1. The molecule has 2 rings (SSSR count). The van der Waals surface area contributed by atoms with Crippen LogP contribution in [0.5, 0.6) is 5.88 Å². The fraction of sp³-hybridized carbons (Fsp3) is 0.154. The number of aromatic nitrogens is 2.